The van der Waals surface area contributed by atoms with Crippen LogP contribution < -0.4 is 24.8 Å². The Hall–Kier alpha value is -0.467. The van der Waals surface area contributed by atoms with Gasteiger partial charge in [0.1, 0.15) is 6.61 Å². The summed E-state index contributed by atoms with van der Waals surface area (Å²) in [5, 5.41) is 11.3. The number of aliphatic hydroxyl groups excluding tert-OH is 1. The average molecular weight is 401 g/mol. The van der Waals surface area contributed by atoms with Gasteiger partial charge in [-0.3, -0.25) is 0 Å². The summed E-state index contributed by atoms with van der Waals surface area (Å²) in [6, 6.07) is 12.7. The minimum atomic E-state index is 0. The van der Waals surface area contributed by atoms with E-state index < -0.39 is 0 Å². The molecule has 3 rings (SSSR count). The van der Waals surface area contributed by atoms with Crippen molar-refractivity contribution in [1.82, 2.24) is 0 Å². The maximum atomic E-state index is 8.83. The van der Waals surface area contributed by atoms with E-state index in [-0.39, 0.29) is 57.6 Å². The Labute approximate surface area is 156 Å². The Kier molecular flexibility index (Phi) is 9.32. The largest absolute Gasteiger partial charge is 3.00 e. The van der Waals surface area contributed by atoms with Crippen molar-refractivity contribution in [2.75, 3.05) is 13.2 Å². The number of benzene rings is 1. The van der Waals surface area contributed by atoms with Crippen molar-refractivity contribution >= 4 is 16.3 Å². The Morgan fingerprint density at radius 3 is 2.67 bits per heavy atom. The smallest absolute Gasteiger partial charge is 1.00 e. The standard InChI is InChI=1S/C16H15O2.2ClH.Zr/c17-8-9-18-16-7-3-6-15(16)14-10-12-4-1-2-5-13(12)11-14;;;/h1-5,7,10-11,17H,6,8-9H2;2*1H;/q-1;;;+3/p-2. The molecule has 2 aromatic carbocycles. The van der Waals surface area contributed by atoms with Gasteiger partial charge in [0.2, 0.25) is 0 Å². The van der Waals surface area contributed by atoms with E-state index in [2.05, 4.69) is 42.5 Å². The molecule has 0 saturated heterocycles. The summed E-state index contributed by atoms with van der Waals surface area (Å²) < 4.78 is 5.56. The van der Waals surface area contributed by atoms with E-state index in [1.165, 1.54) is 21.9 Å². The second-order valence-corrected chi connectivity index (χ2v) is 4.39. The molecular weight excluding hydrogens is 386 g/mol. The van der Waals surface area contributed by atoms with Crippen LogP contribution in [-0.4, -0.2) is 18.3 Å². The molecule has 0 spiro atoms. The van der Waals surface area contributed by atoms with Gasteiger partial charge in [0.15, 0.2) is 0 Å². The summed E-state index contributed by atoms with van der Waals surface area (Å²) in [7, 11) is 0. The first-order valence-corrected chi connectivity index (χ1v) is 6.17. The van der Waals surface area contributed by atoms with E-state index in [0.29, 0.717) is 6.61 Å². The number of allylic oxidation sites excluding steroid dienone is 3. The Bertz CT molecular complexity index is 599. The fourth-order valence-corrected chi connectivity index (χ4v) is 2.36. The van der Waals surface area contributed by atoms with Gasteiger partial charge in [0.25, 0.3) is 0 Å². The zero-order chi connectivity index (χ0) is 12.4. The normalized spacial score (nSPS) is 12.6. The van der Waals surface area contributed by atoms with Gasteiger partial charge < -0.3 is 34.7 Å². The minimum Gasteiger partial charge on any atom is -1.00 e. The van der Waals surface area contributed by atoms with Crippen LogP contribution in [0, 0.1) is 0 Å². The second-order valence-electron chi connectivity index (χ2n) is 4.39. The Morgan fingerprint density at radius 2 is 1.95 bits per heavy atom. The van der Waals surface area contributed by atoms with Gasteiger partial charge >= 0.3 is 26.2 Å². The summed E-state index contributed by atoms with van der Waals surface area (Å²) >= 11 is 0. The molecule has 0 fully saturated rings. The van der Waals surface area contributed by atoms with Crippen LogP contribution in [0.25, 0.3) is 16.3 Å². The number of rotatable bonds is 4. The van der Waals surface area contributed by atoms with Gasteiger partial charge in [-0.1, -0.05) is 29.8 Å². The third-order valence-electron chi connectivity index (χ3n) is 3.20. The van der Waals surface area contributed by atoms with Crippen LogP contribution in [0.5, 0.6) is 0 Å². The molecule has 0 bridgehead atoms. The summed E-state index contributed by atoms with van der Waals surface area (Å²) in [6.07, 6.45) is 4.99. The van der Waals surface area contributed by atoms with Crippen LogP contribution in [0.15, 0.2) is 54.3 Å². The summed E-state index contributed by atoms with van der Waals surface area (Å²) in [6.45, 7) is 0.400. The van der Waals surface area contributed by atoms with E-state index in [0.717, 1.165) is 12.2 Å². The number of halogens is 2. The van der Waals surface area contributed by atoms with Crippen molar-refractivity contribution < 1.29 is 60.9 Å². The van der Waals surface area contributed by atoms with Gasteiger partial charge in [-0.15, -0.1) is 34.5 Å². The Balaban J connectivity index is 0.00000133. The summed E-state index contributed by atoms with van der Waals surface area (Å²) in [5.41, 5.74) is 2.42. The van der Waals surface area contributed by atoms with E-state index >= 15 is 0 Å². The fourth-order valence-electron chi connectivity index (χ4n) is 2.36. The first-order valence-electron chi connectivity index (χ1n) is 6.17. The third kappa shape index (κ3) is 4.50. The number of hydrogen-bond donors (Lipinski definition) is 1. The van der Waals surface area contributed by atoms with E-state index in [1.807, 2.05) is 6.08 Å². The van der Waals surface area contributed by atoms with Crippen molar-refractivity contribution in [3.63, 3.8) is 0 Å². The van der Waals surface area contributed by atoms with Crippen LogP contribution >= 0.6 is 0 Å². The van der Waals surface area contributed by atoms with Crippen molar-refractivity contribution in [1.29, 1.82) is 0 Å². The molecule has 0 aliphatic heterocycles. The molecule has 0 amide bonds. The summed E-state index contributed by atoms with van der Waals surface area (Å²) in [4.78, 5) is 0. The van der Waals surface area contributed by atoms with Crippen molar-refractivity contribution in [3.05, 3.63) is 59.9 Å². The van der Waals surface area contributed by atoms with Gasteiger partial charge in [0, 0.05) is 0 Å². The molecule has 109 valence electrons. The Morgan fingerprint density at radius 1 is 1.19 bits per heavy atom. The predicted octanol–water partition coefficient (Wildman–Crippen LogP) is -2.76. The van der Waals surface area contributed by atoms with E-state index in [1.54, 1.807) is 0 Å². The van der Waals surface area contributed by atoms with Crippen LogP contribution in [0.2, 0.25) is 0 Å². The predicted molar refractivity (Wildman–Crippen MR) is 73.3 cm³/mol. The number of ether oxygens (including phenoxy) is 1. The molecule has 2 aromatic rings. The molecule has 2 nitrogen and oxygen atoms in total. The fraction of sp³-hybridized carbons (Fsp3) is 0.188. The van der Waals surface area contributed by atoms with E-state index in [9.17, 15) is 0 Å². The number of aliphatic hydroxyl groups is 1. The molecule has 1 aliphatic carbocycles. The molecule has 0 heterocycles. The third-order valence-corrected chi connectivity index (χ3v) is 3.20. The van der Waals surface area contributed by atoms with Crippen LogP contribution in [0.3, 0.4) is 0 Å². The van der Waals surface area contributed by atoms with Gasteiger partial charge in [-0.25, -0.2) is 0 Å². The van der Waals surface area contributed by atoms with Crippen LogP contribution in [0.4, 0.5) is 0 Å². The molecule has 0 unspecified atom stereocenters. The molecule has 1 radical (unpaired) electrons. The zero-order valence-electron chi connectivity index (χ0n) is 11.4. The van der Waals surface area contributed by atoms with Crippen LogP contribution in [0.1, 0.15) is 12.0 Å². The van der Waals surface area contributed by atoms with Crippen LogP contribution in [-0.2, 0) is 30.9 Å². The minimum absolute atomic E-state index is 0. The number of hydrogen-bond acceptors (Lipinski definition) is 2. The molecule has 21 heavy (non-hydrogen) atoms. The molecule has 1 N–H and O–H groups in total. The molecule has 1 aliphatic rings. The van der Waals surface area contributed by atoms with Crippen molar-refractivity contribution in [2.45, 2.75) is 6.42 Å². The molecule has 0 saturated carbocycles. The molecule has 5 heteroatoms. The topological polar surface area (TPSA) is 29.5 Å². The van der Waals surface area contributed by atoms with Crippen molar-refractivity contribution in [2.24, 2.45) is 0 Å². The monoisotopic (exact) mass is 399 g/mol. The van der Waals surface area contributed by atoms with Gasteiger partial charge in [-0.05, 0) is 12.5 Å². The molecule has 0 aromatic heterocycles. The van der Waals surface area contributed by atoms with Crippen molar-refractivity contribution in [3.8, 4) is 0 Å². The summed E-state index contributed by atoms with van der Waals surface area (Å²) in [5.74, 6) is 0.888. The first-order chi connectivity index (χ1) is 8.88. The quantitative estimate of drug-likeness (QED) is 0.563. The molecular formula is C16H15Cl2O2Zr. The van der Waals surface area contributed by atoms with Gasteiger partial charge in [0.05, 0.1) is 12.4 Å². The maximum Gasteiger partial charge on any atom is 3.00 e. The molecule has 0 atom stereocenters. The van der Waals surface area contributed by atoms with Gasteiger partial charge in [-0.2, -0.15) is 0 Å². The van der Waals surface area contributed by atoms with E-state index in [4.69, 9.17) is 9.84 Å². The SMILES string of the molecule is OCCOC1=C(c2cc3ccccc3[cH-]2)CC=C1.[Cl-].[Cl-].[Zr+3]. The zero-order valence-corrected chi connectivity index (χ0v) is 15.3. The first kappa shape index (κ1) is 20.5. The maximum absolute atomic E-state index is 8.83. The second kappa shape index (κ2) is 9.53. The average Bonchev–Trinajstić information content (AvgIpc) is 3.01. The number of fused-ring (bicyclic) bond motifs is 1.